The number of rotatable bonds is 3. The van der Waals surface area contributed by atoms with E-state index in [9.17, 15) is 4.79 Å². The van der Waals surface area contributed by atoms with Gasteiger partial charge in [-0.1, -0.05) is 0 Å². The van der Waals surface area contributed by atoms with E-state index in [2.05, 4.69) is 9.97 Å². The van der Waals surface area contributed by atoms with Crippen LogP contribution in [0, 0.1) is 6.92 Å². The highest BCUT2D eigenvalue weighted by molar-refractivity contribution is 5.85. The van der Waals surface area contributed by atoms with E-state index in [0.29, 0.717) is 22.8 Å². The van der Waals surface area contributed by atoms with E-state index >= 15 is 0 Å². The van der Waals surface area contributed by atoms with Crippen LogP contribution in [0.5, 0.6) is 5.75 Å². The molecule has 1 heterocycles. The number of carboxylic acid groups (broad SMARTS) is 1. The van der Waals surface area contributed by atoms with Gasteiger partial charge in [-0.05, 0) is 19.1 Å². The van der Waals surface area contributed by atoms with Crippen molar-refractivity contribution >= 4 is 16.9 Å². The van der Waals surface area contributed by atoms with Crippen LogP contribution in [0.1, 0.15) is 11.5 Å². The molecule has 0 bridgehead atoms. The summed E-state index contributed by atoms with van der Waals surface area (Å²) in [4.78, 5) is 19.2. The maximum atomic E-state index is 10.8. The Morgan fingerprint density at radius 3 is 2.82 bits per heavy atom. The molecule has 0 amide bonds. The van der Waals surface area contributed by atoms with Gasteiger partial charge in [0.25, 0.3) is 0 Å². The summed E-state index contributed by atoms with van der Waals surface area (Å²) in [6.45, 7) is 1.74. The molecule has 17 heavy (non-hydrogen) atoms. The van der Waals surface area contributed by atoms with E-state index in [-0.39, 0.29) is 6.42 Å². The molecular weight excluding hydrogens is 220 g/mol. The maximum Gasteiger partial charge on any atom is 0.309 e. The number of ether oxygens (including phenoxy) is 1. The normalized spacial score (nSPS) is 10.5. The molecule has 2 aromatic rings. The number of carboxylic acids is 1. The zero-order valence-corrected chi connectivity index (χ0v) is 9.60. The first-order valence-electron chi connectivity index (χ1n) is 5.13. The number of hydrogen-bond donors (Lipinski definition) is 1. The van der Waals surface area contributed by atoms with E-state index < -0.39 is 5.97 Å². The van der Waals surface area contributed by atoms with Crippen LogP contribution in [0.3, 0.4) is 0 Å². The summed E-state index contributed by atoms with van der Waals surface area (Å²) in [6.07, 6.45) is -0.105. The van der Waals surface area contributed by atoms with Gasteiger partial charge in [0.2, 0.25) is 0 Å². The highest BCUT2D eigenvalue weighted by atomic mass is 16.5. The second-order valence-electron chi connectivity index (χ2n) is 3.67. The predicted octanol–water partition coefficient (Wildman–Crippen LogP) is 1.57. The van der Waals surface area contributed by atoms with Gasteiger partial charge in [-0.2, -0.15) is 0 Å². The number of aryl methyl sites for hydroxylation is 1. The van der Waals surface area contributed by atoms with E-state index in [4.69, 9.17) is 9.84 Å². The number of fused-ring (bicyclic) bond motifs is 1. The first-order valence-corrected chi connectivity index (χ1v) is 5.13. The van der Waals surface area contributed by atoms with Crippen molar-refractivity contribution in [1.29, 1.82) is 0 Å². The molecule has 0 saturated heterocycles. The van der Waals surface area contributed by atoms with E-state index in [1.807, 2.05) is 0 Å². The quantitative estimate of drug-likeness (QED) is 0.869. The minimum Gasteiger partial charge on any atom is -0.497 e. The lowest BCUT2D eigenvalue weighted by Gasteiger charge is -2.06. The molecule has 1 aromatic carbocycles. The smallest absolute Gasteiger partial charge is 0.309 e. The Labute approximate surface area is 98.1 Å². The van der Waals surface area contributed by atoms with Gasteiger partial charge in [-0.15, -0.1) is 0 Å². The highest BCUT2D eigenvalue weighted by Gasteiger charge is 2.10. The van der Waals surface area contributed by atoms with Crippen molar-refractivity contribution in [2.45, 2.75) is 13.3 Å². The molecule has 5 nitrogen and oxygen atoms in total. The average molecular weight is 232 g/mol. The fraction of sp³-hybridized carbons (Fsp3) is 0.250. The van der Waals surface area contributed by atoms with Crippen LogP contribution in [0.4, 0.5) is 0 Å². The molecule has 88 valence electrons. The predicted molar refractivity (Wildman–Crippen MR) is 62.2 cm³/mol. The first kappa shape index (κ1) is 11.3. The Balaban J connectivity index is 2.63. The van der Waals surface area contributed by atoms with Crippen LogP contribution in [-0.4, -0.2) is 28.2 Å². The summed E-state index contributed by atoms with van der Waals surface area (Å²) in [5.41, 5.74) is 1.23. The van der Waals surface area contributed by atoms with Gasteiger partial charge in [0.15, 0.2) is 0 Å². The molecule has 2 rings (SSSR count). The van der Waals surface area contributed by atoms with Crippen LogP contribution >= 0.6 is 0 Å². The topological polar surface area (TPSA) is 72.3 Å². The number of aliphatic carboxylic acids is 1. The first-order chi connectivity index (χ1) is 8.10. The Kier molecular flexibility index (Phi) is 2.91. The third kappa shape index (κ3) is 2.33. The molecule has 0 fully saturated rings. The minimum atomic E-state index is -0.903. The Hall–Kier alpha value is -2.17. The molecule has 5 heteroatoms. The lowest BCUT2D eigenvalue weighted by molar-refractivity contribution is -0.136. The summed E-state index contributed by atoms with van der Waals surface area (Å²) in [6, 6.07) is 5.33. The van der Waals surface area contributed by atoms with Gasteiger partial charge in [-0.25, -0.2) is 9.97 Å². The van der Waals surface area contributed by atoms with Crippen LogP contribution in [0.25, 0.3) is 10.9 Å². The van der Waals surface area contributed by atoms with Crippen molar-refractivity contribution in [1.82, 2.24) is 9.97 Å². The fourth-order valence-corrected chi connectivity index (χ4v) is 1.71. The summed E-state index contributed by atoms with van der Waals surface area (Å²) in [5.74, 6) is 0.346. The number of nitrogens with zero attached hydrogens (tertiary/aromatic N) is 2. The molecule has 0 aliphatic rings. The second-order valence-corrected chi connectivity index (χ2v) is 3.67. The molecule has 0 saturated carbocycles. The molecule has 1 N–H and O–H groups in total. The van der Waals surface area contributed by atoms with E-state index in [1.54, 1.807) is 32.2 Å². The third-order valence-corrected chi connectivity index (χ3v) is 2.41. The molecule has 0 spiro atoms. The summed E-state index contributed by atoms with van der Waals surface area (Å²) >= 11 is 0. The van der Waals surface area contributed by atoms with Crippen molar-refractivity contribution in [2.24, 2.45) is 0 Å². The van der Waals surface area contributed by atoms with Gasteiger partial charge in [0.05, 0.1) is 24.7 Å². The summed E-state index contributed by atoms with van der Waals surface area (Å²) < 4.78 is 5.11. The minimum absolute atomic E-state index is 0.105. The second kappa shape index (κ2) is 4.37. The van der Waals surface area contributed by atoms with E-state index in [0.717, 1.165) is 5.39 Å². The van der Waals surface area contributed by atoms with Crippen LogP contribution in [0.2, 0.25) is 0 Å². The number of aromatic nitrogens is 2. The molecule has 0 atom stereocenters. The largest absolute Gasteiger partial charge is 0.497 e. The monoisotopic (exact) mass is 232 g/mol. The average Bonchev–Trinajstić information content (AvgIpc) is 2.27. The molecule has 0 unspecified atom stereocenters. The van der Waals surface area contributed by atoms with Gasteiger partial charge in [0, 0.05) is 11.5 Å². The van der Waals surface area contributed by atoms with Crippen LogP contribution in [-0.2, 0) is 11.2 Å². The third-order valence-electron chi connectivity index (χ3n) is 2.41. The standard InChI is InChI=1S/C12H12N2O3/c1-7-13-10-5-8(17-2)3-4-9(10)11(14-7)6-12(15)16/h3-5H,6H2,1-2H3,(H,15,16). The lowest BCUT2D eigenvalue weighted by Crippen LogP contribution is -2.05. The number of benzene rings is 1. The fourth-order valence-electron chi connectivity index (χ4n) is 1.71. The lowest BCUT2D eigenvalue weighted by atomic mass is 10.1. The van der Waals surface area contributed by atoms with Gasteiger partial charge >= 0.3 is 5.97 Å². The number of hydrogen-bond acceptors (Lipinski definition) is 4. The Bertz CT molecular complexity index is 581. The SMILES string of the molecule is COc1ccc2c(CC(=O)O)nc(C)nc2c1. The maximum absolute atomic E-state index is 10.8. The van der Waals surface area contributed by atoms with Gasteiger partial charge in [-0.3, -0.25) is 4.79 Å². The molecular formula is C12H12N2O3. The van der Waals surface area contributed by atoms with E-state index in [1.165, 1.54) is 0 Å². The Morgan fingerprint density at radius 1 is 1.41 bits per heavy atom. The number of methoxy groups -OCH3 is 1. The van der Waals surface area contributed by atoms with Gasteiger partial charge in [0.1, 0.15) is 11.6 Å². The van der Waals surface area contributed by atoms with Crippen molar-refractivity contribution in [3.05, 3.63) is 29.7 Å². The zero-order chi connectivity index (χ0) is 12.4. The molecule has 1 aromatic heterocycles. The highest BCUT2D eigenvalue weighted by Crippen LogP contribution is 2.21. The summed E-state index contributed by atoms with van der Waals surface area (Å²) in [5, 5.41) is 9.58. The van der Waals surface area contributed by atoms with Crippen molar-refractivity contribution in [3.63, 3.8) is 0 Å². The van der Waals surface area contributed by atoms with Gasteiger partial charge < -0.3 is 9.84 Å². The molecule has 0 aliphatic carbocycles. The summed E-state index contributed by atoms with van der Waals surface area (Å²) in [7, 11) is 1.58. The van der Waals surface area contributed by atoms with Crippen molar-refractivity contribution in [3.8, 4) is 5.75 Å². The van der Waals surface area contributed by atoms with Crippen molar-refractivity contribution < 1.29 is 14.6 Å². The Morgan fingerprint density at radius 2 is 2.18 bits per heavy atom. The van der Waals surface area contributed by atoms with Crippen LogP contribution in [0.15, 0.2) is 18.2 Å². The zero-order valence-electron chi connectivity index (χ0n) is 9.60. The van der Waals surface area contributed by atoms with Crippen molar-refractivity contribution in [2.75, 3.05) is 7.11 Å². The molecule has 0 radical (unpaired) electrons. The molecule has 0 aliphatic heterocycles. The van der Waals surface area contributed by atoms with Crippen LogP contribution < -0.4 is 4.74 Å². The number of carbonyl (C=O) groups is 1.